The maximum absolute atomic E-state index is 13.1. The fraction of sp³-hybridized carbons (Fsp3) is 0.235. The largest absolute Gasteiger partial charge is 0.323 e. The van der Waals surface area contributed by atoms with Gasteiger partial charge in [-0.25, -0.2) is 17.5 Å². The SMILES string of the molecule is Cc1cc(C)c(NC(=O)CNS(=O)(=O)c2ccc(F)cc2C)c(Cl)c1. The Morgan fingerprint density at radius 3 is 2.40 bits per heavy atom. The summed E-state index contributed by atoms with van der Waals surface area (Å²) in [7, 11) is -3.93. The fourth-order valence-corrected chi connectivity index (χ4v) is 3.99. The van der Waals surface area contributed by atoms with Crippen molar-refractivity contribution < 1.29 is 17.6 Å². The number of amides is 1. The third-order valence-corrected chi connectivity index (χ3v) is 5.40. The number of benzene rings is 2. The van der Waals surface area contributed by atoms with Gasteiger partial charge in [0.05, 0.1) is 22.2 Å². The molecule has 0 unspecified atom stereocenters. The van der Waals surface area contributed by atoms with Crippen LogP contribution < -0.4 is 10.0 Å². The molecule has 2 N–H and O–H groups in total. The molecule has 0 saturated carbocycles. The van der Waals surface area contributed by atoms with Gasteiger partial charge in [-0.05, 0) is 61.7 Å². The zero-order valence-electron chi connectivity index (χ0n) is 14.0. The molecule has 0 atom stereocenters. The van der Waals surface area contributed by atoms with Crippen LogP contribution in [0.1, 0.15) is 16.7 Å². The standard InChI is InChI=1S/C17H18ClFN2O3S/c1-10-6-12(3)17(14(18)7-10)21-16(22)9-20-25(23,24)15-5-4-13(19)8-11(15)2/h4-8,20H,9H2,1-3H3,(H,21,22). The minimum atomic E-state index is -3.93. The highest BCUT2D eigenvalue weighted by Crippen LogP contribution is 2.27. The number of carbonyl (C=O) groups is 1. The summed E-state index contributed by atoms with van der Waals surface area (Å²) in [5.41, 5.74) is 2.42. The van der Waals surface area contributed by atoms with Gasteiger partial charge in [0, 0.05) is 0 Å². The van der Waals surface area contributed by atoms with Crippen molar-refractivity contribution in [2.75, 3.05) is 11.9 Å². The van der Waals surface area contributed by atoms with E-state index in [1.54, 1.807) is 13.0 Å². The molecule has 8 heteroatoms. The second-order valence-corrected chi connectivity index (χ2v) is 7.86. The highest BCUT2D eigenvalue weighted by molar-refractivity contribution is 7.89. The first kappa shape index (κ1) is 19.4. The second kappa shape index (κ2) is 7.51. The first-order valence-electron chi connectivity index (χ1n) is 7.42. The van der Waals surface area contributed by atoms with E-state index in [4.69, 9.17) is 11.6 Å². The van der Waals surface area contributed by atoms with Crippen molar-refractivity contribution in [2.24, 2.45) is 0 Å². The molecule has 1 amide bonds. The molecule has 0 aliphatic heterocycles. The van der Waals surface area contributed by atoms with Gasteiger partial charge in [-0.3, -0.25) is 4.79 Å². The van der Waals surface area contributed by atoms with Crippen molar-refractivity contribution >= 4 is 33.2 Å². The number of aryl methyl sites for hydroxylation is 3. The zero-order valence-corrected chi connectivity index (χ0v) is 15.6. The Kier molecular flexibility index (Phi) is 5.82. The average Bonchev–Trinajstić information content (AvgIpc) is 2.48. The minimum Gasteiger partial charge on any atom is -0.323 e. The fourth-order valence-electron chi connectivity index (χ4n) is 2.41. The van der Waals surface area contributed by atoms with Gasteiger partial charge < -0.3 is 5.32 Å². The number of carbonyl (C=O) groups excluding carboxylic acids is 1. The minimum absolute atomic E-state index is 0.0775. The Balaban J connectivity index is 2.09. The number of anilines is 1. The summed E-state index contributed by atoms with van der Waals surface area (Å²) in [4.78, 5) is 12.0. The number of nitrogens with one attached hydrogen (secondary N) is 2. The van der Waals surface area contributed by atoms with Crippen molar-refractivity contribution in [3.05, 3.63) is 57.9 Å². The van der Waals surface area contributed by atoms with E-state index in [-0.39, 0.29) is 10.5 Å². The van der Waals surface area contributed by atoms with E-state index in [1.165, 1.54) is 6.92 Å². The summed E-state index contributed by atoms with van der Waals surface area (Å²) in [6.45, 7) is 4.68. The molecule has 2 aromatic carbocycles. The highest BCUT2D eigenvalue weighted by atomic mass is 35.5. The predicted octanol–water partition coefficient (Wildman–Crippen LogP) is 3.32. The maximum Gasteiger partial charge on any atom is 0.241 e. The van der Waals surface area contributed by atoms with E-state index in [9.17, 15) is 17.6 Å². The zero-order chi connectivity index (χ0) is 18.8. The molecular weight excluding hydrogens is 367 g/mol. The number of hydrogen-bond acceptors (Lipinski definition) is 3. The van der Waals surface area contributed by atoms with Crippen LogP contribution in [0.2, 0.25) is 5.02 Å². The lowest BCUT2D eigenvalue weighted by Gasteiger charge is -2.13. The lowest BCUT2D eigenvalue weighted by Crippen LogP contribution is -2.33. The van der Waals surface area contributed by atoms with E-state index in [1.807, 2.05) is 13.0 Å². The van der Waals surface area contributed by atoms with Crippen LogP contribution in [0.3, 0.4) is 0 Å². The van der Waals surface area contributed by atoms with Crippen LogP contribution in [0.5, 0.6) is 0 Å². The van der Waals surface area contributed by atoms with Crippen molar-refractivity contribution in [3.63, 3.8) is 0 Å². The smallest absolute Gasteiger partial charge is 0.241 e. The molecule has 0 heterocycles. The second-order valence-electron chi connectivity index (χ2n) is 5.72. The molecule has 0 saturated heterocycles. The Bertz CT molecular complexity index is 906. The van der Waals surface area contributed by atoms with Crippen molar-refractivity contribution in [1.82, 2.24) is 4.72 Å². The average molecular weight is 385 g/mol. The molecule has 134 valence electrons. The summed E-state index contributed by atoms with van der Waals surface area (Å²) in [5.74, 6) is -1.09. The van der Waals surface area contributed by atoms with E-state index < -0.39 is 28.3 Å². The van der Waals surface area contributed by atoms with Gasteiger partial charge in [-0.2, -0.15) is 0 Å². The van der Waals surface area contributed by atoms with Gasteiger partial charge in [0.1, 0.15) is 5.82 Å². The summed E-state index contributed by atoms with van der Waals surface area (Å²) >= 11 is 6.11. The predicted molar refractivity (Wildman–Crippen MR) is 95.9 cm³/mol. The molecule has 2 aromatic rings. The van der Waals surface area contributed by atoms with Crippen LogP contribution >= 0.6 is 11.6 Å². The maximum atomic E-state index is 13.1. The van der Waals surface area contributed by atoms with E-state index in [2.05, 4.69) is 10.0 Å². The third-order valence-electron chi connectivity index (χ3n) is 3.55. The van der Waals surface area contributed by atoms with Crippen LogP contribution in [-0.2, 0) is 14.8 Å². The van der Waals surface area contributed by atoms with Crippen LogP contribution in [-0.4, -0.2) is 20.9 Å². The molecule has 0 bridgehead atoms. The molecule has 25 heavy (non-hydrogen) atoms. The monoisotopic (exact) mass is 384 g/mol. The van der Waals surface area contributed by atoms with E-state index >= 15 is 0 Å². The Labute approximate surface area is 151 Å². The van der Waals surface area contributed by atoms with Crippen molar-refractivity contribution in [2.45, 2.75) is 25.7 Å². The van der Waals surface area contributed by atoms with Gasteiger partial charge in [0.2, 0.25) is 15.9 Å². The summed E-state index contributed by atoms with van der Waals surface area (Å²) in [6.07, 6.45) is 0. The summed E-state index contributed by atoms with van der Waals surface area (Å²) < 4.78 is 39.8. The van der Waals surface area contributed by atoms with Crippen molar-refractivity contribution in [3.8, 4) is 0 Å². The number of rotatable bonds is 5. The topological polar surface area (TPSA) is 75.3 Å². The molecule has 5 nitrogen and oxygen atoms in total. The molecule has 0 spiro atoms. The number of sulfonamides is 1. The molecule has 0 aliphatic rings. The van der Waals surface area contributed by atoms with Gasteiger partial charge in [0.15, 0.2) is 0 Å². The van der Waals surface area contributed by atoms with Crippen molar-refractivity contribution in [1.29, 1.82) is 0 Å². The number of halogens is 2. The highest BCUT2D eigenvalue weighted by Gasteiger charge is 2.19. The van der Waals surface area contributed by atoms with Crippen LogP contribution in [0.25, 0.3) is 0 Å². The lowest BCUT2D eigenvalue weighted by molar-refractivity contribution is -0.115. The van der Waals surface area contributed by atoms with E-state index in [0.717, 1.165) is 29.3 Å². The van der Waals surface area contributed by atoms with Crippen LogP contribution in [0.4, 0.5) is 10.1 Å². The third kappa shape index (κ3) is 4.78. The van der Waals surface area contributed by atoms with Gasteiger partial charge in [0.25, 0.3) is 0 Å². The molecular formula is C17H18ClFN2O3S. The first-order valence-corrected chi connectivity index (χ1v) is 9.28. The summed E-state index contributed by atoms with van der Waals surface area (Å²) in [6, 6.07) is 6.89. The van der Waals surface area contributed by atoms with Gasteiger partial charge in [-0.1, -0.05) is 17.7 Å². The lowest BCUT2D eigenvalue weighted by atomic mass is 10.1. The molecule has 0 radical (unpaired) electrons. The molecule has 0 aliphatic carbocycles. The van der Waals surface area contributed by atoms with Crippen LogP contribution in [0, 0.1) is 26.6 Å². The Morgan fingerprint density at radius 2 is 1.80 bits per heavy atom. The Morgan fingerprint density at radius 1 is 1.12 bits per heavy atom. The molecule has 2 rings (SSSR count). The Hall–Kier alpha value is -1.96. The van der Waals surface area contributed by atoms with Crippen LogP contribution in [0.15, 0.2) is 35.2 Å². The molecule has 0 fully saturated rings. The van der Waals surface area contributed by atoms with Gasteiger partial charge in [-0.15, -0.1) is 0 Å². The first-order chi connectivity index (χ1) is 11.6. The quantitative estimate of drug-likeness (QED) is 0.830. The molecule has 0 aromatic heterocycles. The number of hydrogen-bond donors (Lipinski definition) is 2. The summed E-state index contributed by atoms with van der Waals surface area (Å²) in [5, 5.41) is 2.97. The van der Waals surface area contributed by atoms with E-state index in [0.29, 0.717) is 10.7 Å². The van der Waals surface area contributed by atoms with Gasteiger partial charge >= 0.3 is 0 Å². The normalized spacial score (nSPS) is 11.4.